The van der Waals surface area contributed by atoms with Crippen LogP contribution in [0.25, 0.3) is 0 Å². The van der Waals surface area contributed by atoms with Gasteiger partial charge in [0.1, 0.15) is 5.82 Å². The summed E-state index contributed by atoms with van der Waals surface area (Å²) in [5.74, 6) is -0.252. The second-order valence-corrected chi connectivity index (χ2v) is 12.9. The molecular weight excluding hydrogens is 357 g/mol. The Balaban J connectivity index is 2.02. The van der Waals surface area contributed by atoms with Crippen molar-refractivity contribution < 1.29 is 8.82 Å². The summed E-state index contributed by atoms with van der Waals surface area (Å²) in [6, 6.07) is 10.3. The lowest BCUT2D eigenvalue weighted by Crippen LogP contribution is -2.42. The molecule has 2 rings (SSSR count). The van der Waals surface area contributed by atoms with Crippen LogP contribution in [0.5, 0.6) is 0 Å². The van der Waals surface area contributed by atoms with Crippen molar-refractivity contribution in [2.24, 2.45) is 5.10 Å². The van der Waals surface area contributed by atoms with Crippen molar-refractivity contribution in [1.82, 2.24) is 10.4 Å². The fraction of sp³-hybridized carbons (Fsp3) is 0.429. The molecule has 147 valence electrons. The first kappa shape index (κ1) is 21.2. The van der Waals surface area contributed by atoms with Crippen molar-refractivity contribution in [3.8, 4) is 0 Å². The van der Waals surface area contributed by atoms with E-state index in [0.717, 1.165) is 16.8 Å². The highest BCUT2D eigenvalue weighted by Gasteiger charge is 2.24. The lowest BCUT2D eigenvalue weighted by Gasteiger charge is -2.48. The molecule has 0 amide bonds. The van der Waals surface area contributed by atoms with E-state index in [9.17, 15) is 4.39 Å². The molecule has 0 fully saturated rings. The van der Waals surface area contributed by atoms with E-state index in [0.29, 0.717) is 19.6 Å². The summed E-state index contributed by atoms with van der Waals surface area (Å²) >= 11 is 0. The maximum absolute atomic E-state index is 13.3. The Morgan fingerprint density at radius 2 is 1.74 bits per heavy atom. The predicted octanol–water partition coefficient (Wildman–Crippen LogP) is 4.78. The number of hydrogen-bond acceptors (Lipinski definition) is 4. The van der Waals surface area contributed by atoms with Crippen LogP contribution >= 0.6 is 0 Å². The Hall–Kier alpha value is -2.05. The minimum absolute atomic E-state index is 0.191. The molecule has 1 N–H and O–H groups in total. The van der Waals surface area contributed by atoms with Gasteiger partial charge in [0.15, 0.2) is 0 Å². The molecule has 0 bridgehead atoms. The Kier molecular flexibility index (Phi) is 7.27. The van der Waals surface area contributed by atoms with Gasteiger partial charge in [-0.1, -0.05) is 32.9 Å². The zero-order valence-corrected chi connectivity index (χ0v) is 17.9. The number of hydrogen-bond donors (Lipinski definition) is 1. The maximum Gasteiger partial charge on any atom is 0.123 e. The molecule has 2 aromatic rings. The second-order valence-electron chi connectivity index (χ2n) is 8.11. The molecule has 1 aromatic heterocycles. The van der Waals surface area contributed by atoms with Crippen LogP contribution in [0.3, 0.4) is 0 Å². The third-order valence-corrected chi connectivity index (χ3v) is 9.53. The van der Waals surface area contributed by atoms with Crippen LogP contribution < -0.4 is 5.43 Å². The smallest absolute Gasteiger partial charge is 0.123 e. The highest BCUT2D eigenvalue weighted by atomic mass is 28.4. The molecule has 4 nitrogen and oxygen atoms in total. The second kappa shape index (κ2) is 9.24. The molecule has 27 heavy (non-hydrogen) atoms. The molecule has 0 saturated heterocycles. The Bertz CT molecular complexity index is 740. The normalized spacial score (nSPS) is 12.9. The van der Waals surface area contributed by atoms with E-state index in [1.165, 1.54) is 12.1 Å². The topological polar surface area (TPSA) is 46.5 Å². The van der Waals surface area contributed by atoms with E-state index < -0.39 is 8.32 Å². The van der Waals surface area contributed by atoms with Gasteiger partial charge in [0.2, 0.25) is 0 Å². The van der Waals surface area contributed by atoms with Crippen LogP contribution in [-0.2, 0) is 10.8 Å². The first-order valence-electron chi connectivity index (χ1n) is 9.27. The molecule has 1 aromatic carbocycles. The van der Waals surface area contributed by atoms with Gasteiger partial charge in [-0.2, -0.15) is 5.10 Å². The van der Waals surface area contributed by atoms with Crippen LogP contribution in [0, 0.1) is 5.82 Å². The fourth-order valence-electron chi connectivity index (χ4n) is 2.26. The van der Waals surface area contributed by atoms with Gasteiger partial charge in [0, 0.05) is 25.4 Å². The van der Waals surface area contributed by atoms with E-state index in [2.05, 4.69) is 49.4 Å². The van der Waals surface area contributed by atoms with Crippen molar-refractivity contribution in [2.45, 2.75) is 45.3 Å². The van der Waals surface area contributed by atoms with Gasteiger partial charge in [-0.3, -0.25) is 4.98 Å². The summed E-state index contributed by atoms with van der Waals surface area (Å²) in [7, 11) is -1.75. The van der Waals surface area contributed by atoms with Crippen molar-refractivity contribution in [1.29, 1.82) is 0 Å². The van der Waals surface area contributed by atoms with E-state index in [1.807, 2.05) is 12.1 Å². The van der Waals surface area contributed by atoms with Crippen molar-refractivity contribution in [3.05, 3.63) is 65.7 Å². The summed E-state index contributed by atoms with van der Waals surface area (Å²) in [5.41, 5.74) is 5.97. The van der Waals surface area contributed by atoms with Crippen molar-refractivity contribution >= 4 is 14.0 Å². The number of hydrazone groups is 1. The number of halogens is 1. The first-order valence-corrected chi connectivity index (χ1v) is 12.2. The summed E-state index contributed by atoms with van der Waals surface area (Å²) in [6.45, 7) is 12.4. The van der Waals surface area contributed by atoms with Crippen LogP contribution in [0.4, 0.5) is 4.39 Å². The molecule has 6 heteroatoms. The number of nitrogens with one attached hydrogen (secondary N) is 1. The number of aromatic nitrogens is 1. The van der Waals surface area contributed by atoms with Gasteiger partial charge in [-0.15, -0.1) is 18.1 Å². The standard InChI is InChI=1S/C21H30FN3OSi/c1-21(2,3)27(4,5)26-15-14-24-25-20(16-17-10-12-23-13-11-17)18-6-8-19(22)9-7-18/h6-13,24H,14-16H2,1-5H3/q-1/b25-20-. The zero-order valence-electron chi connectivity index (χ0n) is 16.9. The average Bonchev–Trinajstić information content (AvgIpc) is 2.61. The summed E-state index contributed by atoms with van der Waals surface area (Å²) in [4.78, 5) is 4.05. The molecule has 0 spiro atoms. The minimum Gasteiger partial charge on any atom is -0.563 e. The van der Waals surface area contributed by atoms with Gasteiger partial charge >= 0.3 is 0 Å². The van der Waals surface area contributed by atoms with E-state index in [1.54, 1.807) is 24.5 Å². The van der Waals surface area contributed by atoms with Crippen LogP contribution in [0.2, 0.25) is 18.1 Å². The summed E-state index contributed by atoms with van der Waals surface area (Å²) in [6.07, 6.45) is 4.17. The van der Waals surface area contributed by atoms with Gasteiger partial charge in [-0.05, 0) is 43.7 Å². The molecule has 0 atom stereocenters. The minimum atomic E-state index is -1.75. The maximum atomic E-state index is 13.3. The predicted molar refractivity (Wildman–Crippen MR) is 112 cm³/mol. The fourth-order valence-corrected chi connectivity index (χ4v) is 3.31. The Labute approximate surface area is 163 Å². The number of benzene rings is 1. The highest BCUT2D eigenvalue weighted by molar-refractivity contribution is 6.74. The molecule has 0 unspecified atom stereocenters. The van der Waals surface area contributed by atoms with Crippen molar-refractivity contribution in [2.75, 3.05) is 13.2 Å². The Morgan fingerprint density at radius 1 is 1.11 bits per heavy atom. The monoisotopic (exact) mass is 387 g/mol. The largest absolute Gasteiger partial charge is 0.563 e. The van der Waals surface area contributed by atoms with Crippen molar-refractivity contribution in [3.63, 3.8) is 0 Å². The molecule has 0 aliphatic carbocycles. The van der Waals surface area contributed by atoms with E-state index >= 15 is 0 Å². The number of pyridine rings is 1. The summed E-state index contributed by atoms with van der Waals surface area (Å²) < 4.78 is 19.4. The van der Waals surface area contributed by atoms with Gasteiger partial charge < -0.3 is 9.85 Å². The molecule has 1 heterocycles. The number of nitrogens with zero attached hydrogens (tertiary/aromatic N) is 2. The average molecular weight is 388 g/mol. The van der Waals surface area contributed by atoms with E-state index in [4.69, 9.17) is 4.43 Å². The Morgan fingerprint density at radius 3 is 2.33 bits per heavy atom. The number of rotatable bonds is 8. The molecule has 0 aliphatic heterocycles. The van der Waals surface area contributed by atoms with Crippen LogP contribution in [0.1, 0.15) is 31.9 Å². The van der Waals surface area contributed by atoms with E-state index in [-0.39, 0.29) is 10.9 Å². The lowest BCUT2D eigenvalue weighted by molar-refractivity contribution is 0.287. The first-order chi connectivity index (χ1) is 12.7. The zero-order chi connectivity index (χ0) is 19.9. The van der Waals surface area contributed by atoms with Crippen LogP contribution in [0.15, 0.2) is 53.9 Å². The van der Waals surface area contributed by atoms with Gasteiger partial charge in [-0.25, -0.2) is 4.39 Å². The molecule has 0 radical (unpaired) electrons. The highest BCUT2D eigenvalue weighted by Crippen LogP contribution is 2.36. The van der Waals surface area contributed by atoms with Gasteiger partial charge in [0.25, 0.3) is 0 Å². The SMILES string of the molecule is CC(C)(C)[Si-](C)(C)OCCN/N=C(/Cc1ccncc1)c1ccc(F)cc1. The molecular formula is C21H30FN3OSi-. The quantitative estimate of drug-likeness (QED) is 0.307. The third-order valence-electron chi connectivity index (χ3n) is 5.00. The van der Waals surface area contributed by atoms with Crippen LogP contribution in [-0.4, -0.2) is 32.2 Å². The molecule has 0 aliphatic rings. The molecule has 0 saturated carbocycles. The lowest BCUT2D eigenvalue weighted by atomic mass is 10.0. The van der Waals surface area contributed by atoms with Gasteiger partial charge in [0.05, 0.1) is 12.3 Å². The summed E-state index contributed by atoms with van der Waals surface area (Å²) in [5, 5.41) is 4.75. The third kappa shape index (κ3) is 6.56.